The van der Waals surface area contributed by atoms with Crippen molar-refractivity contribution in [2.75, 3.05) is 44.2 Å². The van der Waals surface area contributed by atoms with Gasteiger partial charge in [0.1, 0.15) is 5.82 Å². The molecule has 2 fully saturated rings. The summed E-state index contributed by atoms with van der Waals surface area (Å²) in [7, 11) is 0. The first-order valence-electron chi connectivity index (χ1n) is 8.19. The maximum atomic E-state index is 5.02. The molecule has 4 rings (SSSR count). The van der Waals surface area contributed by atoms with Crippen LogP contribution in [0.3, 0.4) is 0 Å². The minimum Gasteiger partial charge on any atom is -0.354 e. The molecule has 0 atom stereocenters. The van der Waals surface area contributed by atoms with E-state index in [1.165, 1.54) is 0 Å². The second kappa shape index (κ2) is 6.25. The van der Waals surface area contributed by atoms with Gasteiger partial charge in [0, 0.05) is 58.4 Å². The summed E-state index contributed by atoms with van der Waals surface area (Å²) < 4.78 is 5.02. The zero-order chi connectivity index (χ0) is 15.6. The van der Waals surface area contributed by atoms with Gasteiger partial charge in [0.15, 0.2) is 5.82 Å². The summed E-state index contributed by atoms with van der Waals surface area (Å²) in [6.07, 6.45) is 1.87. The van der Waals surface area contributed by atoms with E-state index in [1.807, 2.05) is 19.2 Å². The van der Waals surface area contributed by atoms with Crippen molar-refractivity contribution < 1.29 is 4.52 Å². The van der Waals surface area contributed by atoms with Crippen molar-refractivity contribution in [2.45, 2.75) is 19.5 Å². The number of piperazine rings is 1. The molecule has 23 heavy (non-hydrogen) atoms. The van der Waals surface area contributed by atoms with Crippen molar-refractivity contribution in [2.24, 2.45) is 0 Å². The Labute approximate surface area is 135 Å². The summed E-state index contributed by atoms with van der Waals surface area (Å²) in [5.41, 5.74) is 0. The summed E-state index contributed by atoms with van der Waals surface area (Å²) >= 11 is 0. The number of pyridine rings is 1. The van der Waals surface area contributed by atoms with Crippen molar-refractivity contribution >= 4 is 5.82 Å². The number of likely N-dealkylation sites (tertiary alicyclic amines) is 1. The molecule has 0 bridgehead atoms. The van der Waals surface area contributed by atoms with Crippen LogP contribution >= 0.6 is 0 Å². The van der Waals surface area contributed by atoms with Gasteiger partial charge in [0.2, 0.25) is 5.89 Å². The average Bonchev–Trinajstić information content (AvgIpc) is 2.97. The van der Waals surface area contributed by atoms with Crippen LogP contribution in [-0.2, 0) is 6.54 Å². The molecular formula is C16H22N6O. The molecule has 2 aromatic rings. The van der Waals surface area contributed by atoms with Crippen LogP contribution in [0.15, 0.2) is 28.9 Å². The SMILES string of the molecule is Cc1nc(CN2CC(N3CCN(c4ccccn4)CC3)C2)no1. The summed E-state index contributed by atoms with van der Waals surface area (Å²) in [4.78, 5) is 16.1. The Kier molecular flexibility index (Phi) is 3.97. The van der Waals surface area contributed by atoms with E-state index in [-0.39, 0.29) is 0 Å². The number of aromatic nitrogens is 3. The Hall–Kier alpha value is -1.99. The number of rotatable bonds is 4. The first-order valence-corrected chi connectivity index (χ1v) is 8.19. The molecule has 0 saturated carbocycles. The molecule has 0 unspecified atom stereocenters. The number of hydrogen-bond donors (Lipinski definition) is 0. The van der Waals surface area contributed by atoms with E-state index in [0.717, 1.165) is 57.5 Å². The maximum absolute atomic E-state index is 5.02. The molecule has 4 heterocycles. The second-order valence-electron chi connectivity index (χ2n) is 6.29. The fourth-order valence-corrected chi connectivity index (χ4v) is 3.37. The highest BCUT2D eigenvalue weighted by Crippen LogP contribution is 2.20. The molecule has 0 N–H and O–H groups in total. The van der Waals surface area contributed by atoms with Crippen molar-refractivity contribution in [3.05, 3.63) is 36.1 Å². The topological polar surface area (TPSA) is 61.5 Å². The Morgan fingerprint density at radius 1 is 1.17 bits per heavy atom. The smallest absolute Gasteiger partial charge is 0.223 e. The lowest BCUT2D eigenvalue weighted by molar-refractivity contribution is 0.0236. The molecule has 0 amide bonds. The summed E-state index contributed by atoms with van der Waals surface area (Å²) in [6.45, 7) is 9.13. The predicted octanol–water partition coefficient (Wildman–Crippen LogP) is 0.779. The Balaban J connectivity index is 1.23. The molecule has 2 saturated heterocycles. The summed E-state index contributed by atoms with van der Waals surface area (Å²) in [5.74, 6) is 2.53. The van der Waals surface area contributed by atoms with Gasteiger partial charge in [-0.15, -0.1) is 0 Å². The molecule has 122 valence electrons. The molecule has 2 aliphatic heterocycles. The Morgan fingerprint density at radius 3 is 2.65 bits per heavy atom. The fourth-order valence-electron chi connectivity index (χ4n) is 3.37. The first kappa shape index (κ1) is 14.6. The van der Waals surface area contributed by atoms with Crippen LogP contribution in [0.25, 0.3) is 0 Å². The number of anilines is 1. The van der Waals surface area contributed by atoms with Crippen molar-refractivity contribution in [3.8, 4) is 0 Å². The third kappa shape index (κ3) is 3.20. The molecule has 2 aromatic heterocycles. The lowest BCUT2D eigenvalue weighted by atomic mass is 10.1. The van der Waals surface area contributed by atoms with Crippen LogP contribution in [0.5, 0.6) is 0 Å². The fraction of sp³-hybridized carbons (Fsp3) is 0.562. The molecule has 7 heteroatoms. The van der Waals surface area contributed by atoms with E-state index >= 15 is 0 Å². The second-order valence-corrected chi connectivity index (χ2v) is 6.29. The maximum Gasteiger partial charge on any atom is 0.223 e. The molecule has 0 aromatic carbocycles. The van der Waals surface area contributed by atoms with Crippen molar-refractivity contribution in [1.82, 2.24) is 24.9 Å². The number of aryl methyl sites for hydroxylation is 1. The zero-order valence-electron chi connectivity index (χ0n) is 13.4. The molecule has 7 nitrogen and oxygen atoms in total. The van der Waals surface area contributed by atoms with E-state index in [2.05, 4.69) is 42.0 Å². The third-order valence-corrected chi connectivity index (χ3v) is 4.68. The van der Waals surface area contributed by atoms with Gasteiger partial charge in [-0.25, -0.2) is 4.98 Å². The quantitative estimate of drug-likeness (QED) is 0.826. The van der Waals surface area contributed by atoms with Crippen LogP contribution in [0.1, 0.15) is 11.7 Å². The monoisotopic (exact) mass is 314 g/mol. The minimum absolute atomic E-state index is 0.641. The van der Waals surface area contributed by atoms with Crippen LogP contribution in [0.2, 0.25) is 0 Å². The van der Waals surface area contributed by atoms with Crippen LogP contribution in [0, 0.1) is 6.92 Å². The van der Waals surface area contributed by atoms with Gasteiger partial charge in [0.05, 0.1) is 6.54 Å². The van der Waals surface area contributed by atoms with Gasteiger partial charge >= 0.3 is 0 Å². The highest BCUT2D eigenvalue weighted by molar-refractivity contribution is 5.38. The molecular weight excluding hydrogens is 292 g/mol. The largest absolute Gasteiger partial charge is 0.354 e. The lowest BCUT2D eigenvalue weighted by Crippen LogP contribution is -2.62. The number of nitrogens with zero attached hydrogens (tertiary/aromatic N) is 6. The van der Waals surface area contributed by atoms with Gasteiger partial charge in [-0.1, -0.05) is 11.2 Å². The number of hydrogen-bond acceptors (Lipinski definition) is 7. The van der Waals surface area contributed by atoms with E-state index in [1.54, 1.807) is 0 Å². The van der Waals surface area contributed by atoms with Gasteiger partial charge in [-0.3, -0.25) is 9.80 Å². The standard InChI is InChI=1S/C16H22N6O/c1-13-18-15(19-23-13)12-20-10-14(11-20)21-6-8-22(9-7-21)16-4-2-3-5-17-16/h2-5,14H,6-12H2,1H3. The predicted molar refractivity (Wildman–Crippen MR) is 86.1 cm³/mol. The zero-order valence-corrected chi connectivity index (χ0v) is 13.4. The van der Waals surface area contributed by atoms with Crippen molar-refractivity contribution in [3.63, 3.8) is 0 Å². The van der Waals surface area contributed by atoms with Gasteiger partial charge in [-0.05, 0) is 12.1 Å². The van der Waals surface area contributed by atoms with E-state index in [9.17, 15) is 0 Å². The Bertz CT molecular complexity index is 631. The molecule has 0 radical (unpaired) electrons. The van der Waals surface area contributed by atoms with E-state index < -0.39 is 0 Å². The van der Waals surface area contributed by atoms with E-state index in [4.69, 9.17) is 4.52 Å². The van der Waals surface area contributed by atoms with Crippen molar-refractivity contribution in [1.29, 1.82) is 0 Å². The Morgan fingerprint density at radius 2 is 2.00 bits per heavy atom. The van der Waals surface area contributed by atoms with Gasteiger partial charge < -0.3 is 9.42 Å². The van der Waals surface area contributed by atoms with Crippen LogP contribution < -0.4 is 4.90 Å². The van der Waals surface area contributed by atoms with Crippen LogP contribution in [-0.4, -0.2) is 70.2 Å². The van der Waals surface area contributed by atoms with Gasteiger partial charge in [-0.2, -0.15) is 4.98 Å². The first-order chi connectivity index (χ1) is 11.3. The molecule has 2 aliphatic rings. The molecule has 0 aliphatic carbocycles. The normalized spacial score (nSPS) is 20.7. The summed E-state index contributed by atoms with van der Waals surface area (Å²) in [5, 5.41) is 3.96. The highest BCUT2D eigenvalue weighted by atomic mass is 16.5. The average molecular weight is 314 g/mol. The summed E-state index contributed by atoms with van der Waals surface area (Å²) in [6, 6.07) is 6.77. The minimum atomic E-state index is 0.641. The van der Waals surface area contributed by atoms with E-state index in [0.29, 0.717) is 11.9 Å². The highest BCUT2D eigenvalue weighted by Gasteiger charge is 2.34. The lowest BCUT2D eigenvalue weighted by Gasteiger charge is -2.48. The third-order valence-electron chi connectivity index (χ3n) is 4.68. The molecule has 0 spiro atoms. The van der Waals surface area contributed by atoms with Crippen LogP contribution in [0.4, 0.5) is 5.82 Å². The van der Waals surface area contributed by atoms with Gasteiger partial charge in [0.25, 0.3) is 0 Å².